The van der Waals surface area contributed by atoms with Crippen LogP contribution in [-0.2, 0) is 6.42 Å². The number of ketones is 1. The highest BCUT2D eigenvalue weighted by atomic mass is 16.1. The van der Waals surface area contributed by atoms with E-state index >= 15 is 0 Å². The number of carbonyl (C=O) groups is 1. The van der Waals surface area contributed by atoms with Crippen molar-refractivity contribution in [1.82, 2.24) is 10.2 Å². The van der Waals surface area contributed by atoms with Gasteiger partial charge >= 0.3 is 0 Å². The molecule has 0 fully saturated rings. The SMILES string of the molecule is CCCC(=O)c1cc(CCC(C)c2ccccc2)[nH]n1. The topological polar surface area (TPSA) is 45.8 Å². The second-order valence-corrected chi connectivity index (χ2v) is 5.30. The Morgan fingerprint density at radius 3 is 2.75 bits per heavy atom. The number of aromatic nitrogens is 2. The van der Waals surface area contributed by atoms with Crippen LogP contribution in [0.3, 0.4) is 0 Å². The number of rotatable bonds is 7. The molecule has 0 aliphatic rings. The Hall–Kier alpha value is -1.90. The summed E-state index contributed by atoms with van der Waals surface area (Å²) in [5, 5.41) is 7.09. The monoisotopic (exact) mass is 270 g/mol. The molecule has 1 N–H and O–H groups in total. The van der Waals surface area contributed by atoms with E-state index in [4.69, 9.17) is 0 Å². The van der Waals surface area contributed by atoms with Crippen molar-refractivity contribution in [1.29, 1.82) is 0 Å². The number of aromatic amines is 1. The van der Waals surface area contributed by atoms with Gasteiger partial charge in [-0.2, -0.15) is 5.10 Å². The second-order valence-electron chi connectivity index (χ2n) is 5.30. The smallest absolute Gasteiger partial charge is 0.183 e. The number of aryl methyl sites for hydroxylation is 1. The van der Waals surface area contributed by atoms with E-state index in [0.717, 1.165) is 25.0 Å². The van der Waals surface area contributed by atoms with Gasteiger partial charge in [-0.05, 0) is 36.8 Å². The van der Waals surface area contributed by atoms with Gasteiger partial charge in [0, 0.05) is 12.1 Å². The molecule has 0 saturated heterocycles. The molecule has 2 rings (SSSR count). The van der Waals surface area contributed by atoms with Crippen LogP contribution in [0.25, 0.3) is 0 Å². The van der Waals surface area contributed by atoms with Crippen molar-refractivity contribution in [2.24, 2.45) is 0 Å². The fourth-order valence-corrected chi connectivity index (χ4v) is 2.31. The molecule has 0 aliphatic heterocycles. The highest BCUT2D eigenvalue weighted by Gasteiger charge is 2.11. The zero-order valence-electron chi connectivity index (χ0n) is 12.2. The summed E-state index contributed by atoms with van der Waals surface area (Å²) in [5.74, 6) is 0.639. The van der Waals surface area contributed by atoms with Crippen molar-refractivity contribution < 1.29 is 4.79 Å². The van der Waals surface area contributed by atoms with Crippen molar-refractivity contribution in [3.63, 3.8) is 0 Å². The number of hydrogen-bond acceptors (Lipinski definition) is 2. The zero-order chi connectivity index (χ0) is 14.4. The Kier molecular flexibility index (Phi) is 5.10. The van der Waals surface area contributed by atoms with Gasteiger partial charge in [0.15, 0.2) is 5.78 Å². The van der Waals surface area contributed by atoms with E-state index in [2.05, 4.69) is 41.4 Å². The van der Waals surface area contributed by atoms with Gasteiger partial charge in [-0.3, -0.25) is 9.89 Å². The van der Waals surface area contributed by atoms with E-state index in [1.165, 1.54) is 5.56 Å². The predicted octanol–water partition coefficient (Wildman–Crippen LogP) is 4.13. The largest absolute Gasteiger partial charge is 0.292 e. The summed E-state index contributed by atoms with van der Waals surface area (Å²) in [5.41, 5.74) is 2.98. The minimum absolute atomic E-state index is 0.131. The summed E-state index contributed by atoms with van der Waals surface area (Å²) < 4.78 is 0. The lowest BCUT2D eigenvalue weighted by Crippen LogP contribution is -1.98. The van der Waals surface area contributed by atoms with Crippen molar-refractivity contribution in [3.8, 4) is 0 Å². The number of Topliss-reactive ketones (excluding diaryl/α,β-unsaturated/α-hetero) is 1. The normalized spacial score (nSPS) is 12.3. The maximum atomic E-state index is 11.7. The molecule has 1 aromatic carbocycles. The fraction of sp³-hybridized carbons (Fsp3) is 0.412. The number of H-pyrrole nitrogens is 1. The molecule has 0 saturated carbocycles. The van der Waals surface area contributed by atoms with E-state index in [9.17, 15) is 4.79 Å². The lowest BCUT2D eigenvalue weighted by Gasteiger charge is -2.10. The summed E-state index contributed by atoms with van der Waals surface area (Å²) in [6.07, 6.45) is 3.41. The van der Waals surface area contributed by atoms with Gasteiger partial charge in [-0.25, -0.2) is 0 Å². The van der Waals surface area contributed by atoms with Crippen molar-refractivity contribution in [2.45, 2.75) is 45.4 Å². The molecule has 0 aliphatic carbocycles. The molecule has 0 amide bonds. The van der Waals surface area contributed by atoms with Crippen LogP contribution in [-0.4, -0.2) is 16.0 Å². The van der Waals surface area contributed by atoms with Crippen LogP contribution in [0.1, 0.15) is 60.8 Å². The Labute approximate surface area is 120 Å². The third kappa shape index (κ3) is 3.80. The van der Waals surface area contributed by atoms with Crippen LogP contribution in [0.15, 0.2) is 36.4 Å². The molecule has 2 aromatic rings. The van der Waals surface area contributed by atoms with Crippen LogP contribution in [0, 0.1) is 0 Å². The predicted molar refractivity (Wildman–Crippen MR) is 81.0 cm³/mol. The van der Waals surface area contributed by atoms with Gasteiger partial charge < -0.3 is 0 Å². The lowest BCUT2D eigenvalue weighted by molar-refractivity contribution is 0.0977. The molecule has 1 heterocycles. The van der Waals surface area contributed by atoms with Crippen LogP contribution in [0.2, 0.25) is 0 Å². The Balaban J connectivity index is 1.90. The number of nitrogens with one attached hydrogen (secondary N) is 1. The fourth-order valence-electron chi connectivity index (χ4n) is 2.31. The molecule has 3 heteroatoms. The zero-order valence-corrected chi connectivity index (χ0v) is 12.2. The third-order valence-corrected chi connectivity index (χ3v) is 3.61. The summed E-state index contributed by atoms with van der Waals surface area (Å²) in [4.78, 5) is 11.7. The van der Waals surface area contributed by atoms with E-state index < -0.39 is 0 Å². The standard InChI is InChI=1S/C17H22N2O/c1-3-7-17(20)16-12-15(18-19-16)11-10-13(2)14-8-5-4-6-9-14/h4-6,8-9,12-13H,3,7,10-11H2,1-2H3,(H,18,19). The first kappa shape index (κ1) is 14.5. The molecule has 1 aromatic heterocycles. The van der Waals surface area contributed by atoms with E-state index in [1.54, 1.807) is 0 Å². The first-order valence-electron chi connectivity index (χ1n) is 7.33. The van der Waals surface area contributed by atoms with Gasteiger partial charge in [-0.1, -0.05) is 44.2 Å². The quantitative estimate of drug-likeness (QED) is 0.769. The van der Waals surface area contributed by atoms with Gasteiger partial charge in [0.25, 0.3) is 0 Å². The van der Waals surface area contributed by atoms with Crippen LogP contribution >= 0.6 is 0 Å². The summed E-state index contributed by atoms with van der Waals surface area (Å²) >= 11 is 0. The molecule has 0 bridgehead atoms. The molecule has 1 unspecified atom stereocenters. The highest BCUT2D eigenvalue weighted by Crippen LogP contribution is 2.20. The van der Waals surface area contributed by atoms with Crippen LogP contribution < -0.4 is 0 Å². The average Bonchev–Trinajstić information content (AvgIpc) is 2.95. The second kappa shape index (κ2) is 7.04. The summed E-state index contributed by atoms with van der Waals surface area (Å²) in [7, 11) is 0. The molecule has 106 valence electrons. The molecule has 0 radical (unpaired) electrons. The number of benzene rings is 1. The van der Waals surface area contributed by atoms with Crippen molar-refractivity contribution in [3.05, 3.63) is 53.3 Å². The number of nitrogens with zero attached hydrogens (tertiary/aromatic N) is 1. The van der Waals surface area contributed by atoms with Gasteiger partial charge in [0.2, 0.25) is 0 Å². The highest BCUT2D eigenvalue weighted by molar-refractivity contribution is 5.94. The molecular formula is C17H22N2O. The molecule has 3 nitrogen and oxygen atoms in total. The molecule has 20 heavy (non-hydrogen) atoms. The minimum Gasteiger partial charge on any atom is -0.292 e. The molecule has 0 spiro atoms. The summed E-state index contributed by atoms with van der Waals surface area (Å²) in [6.45, 7) is 4.24. The van der Waals surface area contributed by atoms with Crippen molar-refractivity contribution >= 4 is 5.78 Å². The molecule has 1 atom stereocenters. The van der Waals surface area contributed by atoms with Gasteiger partial charge in [-0.15, -0.1) is 0 Å². The van der Waals surface area contributed by atoms with Crippen LogP contribution in [0.4, 0.5) is 0 Å². The number of hydrogen-bond donors (Lipinski definition) is 1. The molecular weight excluding hydrogens is 248 g/mol. The average molecular weight is 270 g/mol. The minimum atomic E-state index is 0.131. The Morgan fingerprint density at radius 1 is 1.30 bits per heavy atom. The Bertz CT molecular complexity index is 545. The van der Waals surface area contributed by atoms with E-state index in [-0.39, 0.29) is 5.78 Å². The van der Waals surface area contributed by atoms with E-state index in [0.29, 0.717) is 18.0 Å². The van der Waals surface area contributed by atoms with E-state index in [1.807, 2.05) is 19.1 Å². The maximum absolute atomic E-state index is 11.7. The van der Waals surface area contributed by atoms with Gasteiger partial charge in [0.05, 0.1) is 0 Å². The van der Waals surface area contributed by atoms with Crippen LogP contribution in [0.5, 0.6) is 0 Å². The van der Waals surface area contributed by atoms with Gasteiger partial charge in [0.1, 0.15) is 5.69 Å². The third-order valence-electron chi connectivity index (χ3n) is 3.61. The first-order valence-corrected chi connectivity index (χ1v) is 7.33. The number of carbonyl (C=O) groups excluding carboxylic acids is 1. The summed E-state index contributed by atoms with van der Waals surface area (Å²) in [6, 6.07) is 12.4. The lowest BCUT2D eigenvalue weighted by atomic mass is 9.95. The Morgan fingerprint density at radius 2 is 2.05 bits per heavy atom. The van der Waals surface area contributed by atoms with Crippen molar-refractivity contribution in [2.75, 3.05) is 0 Å². The first-order chi connectivity index (χ1) is 9.70. The maximum Gasteiger partial charge on any atom is 0.183 e.